The van der Waals surface area contributed by atoms with Crippen molar-refractivity contribution in [2.75, 3.05) is 11.9 Å². The molecule has 0 radical (unpaired) electrons. The number of hydrogen-bond acceptors (Lipinski definition) is 5. The summed E-state index contributed by atoms with van der Waals surface area (Å²) >= 11 is 1.31. The lowest BCUT2D eigenvalue weighted by Crippen LogP contribution is -2.47. The van der Waals surface area contributed by atoms with E-state index in [1.165, 1.54) is 11.3 Å². The standard InChI is InChI=1S/C13H24N4OS/c1-5-9-14-12-17-16-11(19-12)10(18)15-13(6-2,7-3)8-4/h5-9H2,1-4H3,(H,14,17)(H,15,18). The Morgan fingerprint density at radius 3 is 2.32 bits per heavy atom. The molecule has 0 saturated heterocycles. The van der Waals surface area contributed by atoms with Crippen LogP contribution in [0.5, 0.6) is 0 Å². The van der Waals surface area contributed by atoms with Gasteiger partial charge in [0.2, 0.25) is 10.1 Å². The molecule has 0 atom stereocenters. The fourth-order valence-electron chi connectivity index (χ4n) is 1.93. The van der Waals surface area contributed by atoms with Crippen LogP contribution in [0.2, 0.25) is 0 Å². The van der Waals surface area contributed by atoms with E-state index >= 15 is 0 Å². The number of amides is 1. The van der Waals surface area contributed by atoms with Crippen LogP contribution in [0.3, 0.4) is 0 Å². The number of nitrogens with one attached hydrogen (secondary N) is 2. The number of aromatic nitrogens is 2. The molecule has 0 aromatic carbocycles. The van der Waals surface area contributed by atoms with Crippen molar-refractivity contribution in [3.05, 3.63) is 5.01 Å². The molecule has 1 amide bonds. The van der Waals surface area contributed by atoms with Crippen molar-refractivity contribution in [3.63, 3.8) is 0 Å². The first-order chi connectivity index (χ1) is 9.10. The molecule has 6 heteroatoms. The molecule has 0 unspecified atom stereocenters. The molecule has 0 aliphatic carbocycles. The summed E-state index contributed by atoms with van der Waals surface area (Å²) in [6.07, 6.45) is 3.79. The van der Waals surface area contributed by atoms with Gasteiger partial charge in [-0.25, -0.2) is 0 Å². The fourth-order valence-corrected chi connectivity index (χ4v) is 2.59. The van der Waals surface area contributed by atoms with Crippen LogP contribution in [0, 0.1) is 0 Å². The van der Waals surface area contributed by atoms with Crippen molar-refractivity contribution in [2.45, 2.75) is 58.9 Å². The van der Waals surface area contributed by atoms with Gasteiger partial charge in [0.05, 0.1) is 0 Å². The number of hydrogen-bond donors (Lipinski definition) is 2. The maximum absolute atomic E-state index is 12.2. The zero-order valence-electron chi connectivity index (χ0n) is 12.2. The van der Waals surface area contributed by atoms with E-state index in [-0.39, 0.29) is 11.4 Å². The second-order valence-corrected chi connectivity index (χ2v) is 5.61. The van der Waals surface area contributed by atoms with Gasteiger partial charge in [0.25, 0.3) is 5.91 Å². The Morgan fingerprint density at radius 1 is 1.16 bits per heavy atom. The van der Waals surface area contributed by atoms with Gasteiger partial charge < -0.3 is 10.6 Å². The van der Waals surface area contributed by atoms with Crippen molar-refractivity contribution in [1.29, 1.82) is 0 Å². The molecule has 0 spiro atoms. The highest BCUT2D eigenvalue weighted by molar-refractivity contribution is 7.17. The van der Waals surface area contributed by atoms with Gasteiger partial charge in [0, 0.05) is 12.1 Å². The van der Waals surface area contributed by atoms with Crippen molar-refractivity contribution in [3.8, 4) is 0 Å². The average Bonchev–Trinajstić information content (AvgIpc) is 2.91. The van der Waals surface area contributed by atoms with Gasteiger partial charge in [-0.05, 0) is 25.7 Å². The van der Waals surface area contributed by atoms with Crippen molar-refractivity contribution in [1.82, 2.24) is 15.5 Å². The summed E-state index contributed by atoms with van der Waals surface area (Å²) < 4.78 is 0. The smallest absolute Gasteiger partial charge is 0.282 e. The molecular weight excluding hydrogens is 260 g/mol. The van der Waals surface area contributed by atoms with Crippen molar-refractivity contribution >= 4 is 22.4 Å². The van der Waals surface area contributed by atoms with E-state index in [0.29, 0.717) is 10.1 Å². The summed E-state index contributed by atoms with van der Waals surface area (Å²) in [6.45, 7) is 9.23. The van der Waals surface area contributed by atoms with Crippen molar-refractivity contribution in [2.24, 2.45) is 0 Å². The van der Waals surface area contributed by atoms with Crippen molar-refractivity contribution < 1.29 is 4.79 Å². The lowest BCUT2D eigenvalue weighted by molar-refractivity contribution is 0.0887. The number of carbonyl (C=O) groups excluding carboxylic acids is 1. The summed E-state index contributed by atoms with van der Waals surface area (Å²) in [7, 11) is 0. The van der Waals surface area contributed by atoms with Crippen LogP contribution in [0.4, 0.5) is 5.13 Å². The first kappa shape index (κ1) is 15.9. The zero-order valence-corrected chi connectivity index (χ0v) is 13.1. The molecule has 0 aliphatic heterocycles. The normalized spacial score (nSPS) is 11.4. The Kier molecular flexibility index (Phi) is 6.21. The highest BCUT2D eigenvalue weighted by Gasteiger charge is 2.27. The van der Waals surface area contributed by atoms with E-state index in [9.17, 15) is 4.79 Å². The predicted octanol–water partition coefficient (Wildman–Crippen LogP) is 3.06. The highest BCUT2D eigenvalue weighted by atomic mass is 32.1. The predicted molar refractivity (Wildman–Crippen MR) is 79.8 cm³/mol. The van der Waals surface area contributed by atoms with Crippen LogP contribution >= 0.6 is 11.3 Å². The number of nitrogens with zero attached hydrogens (tertiary/aromatic N) is 2. The minimum atomic E-state index is -0.125. The quantitative estimate of drug-likeness (QED) is 0.770. The maximum atomic E-state index is 12.2. The Balaban J connectivity index is 2.69. The number of rotatable bonds is 8. The molecule has 0 bridgehead atoms. The molecular formula is C13H24N4OS. The first-order valence-corrected chi connectivity index (χ1v) is 7.82. The van der Waals surface area contributed by atoms with E-state index in [4.69, 9.17) is 0 Å². The maximum Gasteiger partial charge on any atom is 0.282 e. The summed E-state index contributed by atoms with van der Waals surface area (Å²) in [6, 6.07) is 0. The molecule has 0 aliphatic rings. The number of anilines is 1. The van der Waals surface area contributed by atoms with Crippen LogP contribution in [0.15, 0.2) is 0 Å². The van der Waals surface area contributed by atoms with E-state index in [0.717, 1.165) is 32.2 Å². The molecule has 1 aromatic heterocycles. The van der Waals surface area contributed by atoms with E-state index < -0.39 is 0 Å². The van der Waals surface area contributed by atoms with Crippen LogP contribution in [0.1, 0.15) is 63.2 Å². The Labute approximate surface area is 119 Å². The summed E-state index contributed by atoms with van der Waals surface area (Å²) in [4.78, 5) is 12.2. The summed E-state index contributed by atoms with van der Waals surface area (Å²) in [5, 5.41) is 15.3. The molecule has 0 fully saturated rings. The van der Waals surface area contributed by atoms with Gasteiger partial charge in [-0.15, -0.1) is 10.2 Å². The van der Waals surface area contributed by atoms with Gasteiger partial charge in [-0.2, -0.15) is 0 Å². The van der Waals surface area contributed by atoms with Gasteiger partial charge in [0.15, 0.2) is 0 Å². The molecule has 5 nitrogen and oxygen atoms in total. The Bertz CT molecular complexity index is 393. The Morgan fingerprint density at radius 2 is 1.79 bits per heavy atom. The summed E-state index contributed by atoms with van der Waals surface area (Å²) in [5.41, 5.74) is -0.125. The third-order valence-corrected chi connectivity index (χ3v) is 4.43. The van der Waals surface area contributed by atoms with Gasteiger partial charge in [-0.1, -0.05) is 39.0 Å². The van der Waals surface area contributed by atoms with Gasteiger partial charge in [0.1, 0.15) is 0 Å². The van der Waals surface area contributed by atoms with Crippen LogP contribution in [-0.4, -0.2) is 28.2 Å². The third kappa shape index (κ3) is 4.16. The van der Waals surface area contributed by atoms with Crippen LogP contribution < -0.4 is 10.6 Å². The van der Waals surface area contributed by atoms with E-state index in [1.54, 1.807) is 0 Å². The number of carbonyl (C=O) groups is 1. The zero-order chi connectivity index (χ0) is 14.3. The van der Waals surface area contributed by atoms with E-state index in [1.807, 2.05) is 0 Å². The molecule has 19 heavy (non-hydrogen) atoms. The lowest BCUT2D eigenvalue weighted by Gasteiger charge is -2.31. The lowest BCUT2D eigenvalue weighted by atomic mass is 9.90. The molecule has 2 N–H and O–H groups in total. The van der Waals surface area contributed by atoms with Crippen LogP contribution in [0.25, 0.3) is 0 Å². The molecule has 1 heterocycles. The minimum Gasteiger partial charge on any atom is -0.360 e. The first-order valence-electron chi connectivity index (χ1n) is 7.00. The Hall–Kier alpha value is -1.17. The second kappa shape index (κ2) is 7.43. The largest absolute Gasteiger partial charge is 0.360 e. The molecule has 0 saturated carbocycles. The van der Waals surface area contributed by atoms with E-state index in [2.05, 4.69) is 48.5 Å². The molecule has 108 valence electrons. The topological polar surface area (TPSA) is 66.9 Å². The third-order valence-electron chi connectivity index (χ3n) is 3.55. The summed E-state index contributed by atoms with van der Waals surface area (Å²) in [5.74, 6) is -0.118. The fraction of sp³-hybridized carbons (Fsp3) is 0.769. The monoisotopic (exact) mass is 284 g/mol. The van der Waals surface area contributed by atoms with Gasteiger partial charge in [-0.3, -0.25) is 4.79 Å². The molecule has 1 rings (SSSR count). The van der Waals surface area contributed by atoms with Crippen LogP contribution in [-0.2, 0) is 0 Å². The second-order valence-electron chi connectivity index (χ2n) is 4.63. The highest BCUT2D eigenvalue weighted by Crippen LogP contribution is 2.21. The SMILES string of the molecule is CCCNc1nnc(C(=O)NC(CC)(CC)CC)s1. The average molecular weight is 284 g/mol. The van der Waals surface area contributed by atoms with Gasteiger partial charge >= 0.3 is 0 Å². The molecule has 1 aromatic rings. The minimum absolute atomic E-state index is 0.118.